The van der Waals surface area contributed by atoms with Gasteiger partial charge in [-0.3, -0.25) is 4.79 Å². The van der Waals surface area contributed by atoms with Crippen molar-refractivity contribution in [3.05, 3.63) is 59.8 Å². The number of carbonyl (C=O) groups is 1. The zero-order chi connectivity index (χ0) is 21.8. The lowest BCUT2D eigenvalue weighted by molar-refractivity contribution is -0.123. The van der Waals surface area contributed by atoms with E-state index in [1.54, 1.807) is 6.20 Å². The smallest absolute Gasteiger partial charge is 0.257 e. The fourth-order valence-corrected chi connectivity index (χ4v) is 3.30. The molecule has 1 N–H and O–H groups in total. The predicted octanol–water partition coefficient (Wildman–Crippen LogP) is 3.17. The van der Waals surface area contributed by atoms with Crippen LogP contribution in [0.25, 0.3) is 5.57 Å². The number of hydrogen-bond acceptors (Lipinski definition) is 7. The molecule has 4 rings (SSSR count). The van der Waals surface area contributed by atoms with Gasteiger partial charge in [-0.1, -0.05) is 23.4 Å². The van der Waals surface area contributed by atoms with Crippen molar-refractivity contribution >= 4 is 23.1 Å². The van der Waals surface area contributed by atoms with Gasteiger partial charge in [0.05, 0.1) is 17.3 Å². The number of benzene rings is 1. The maximum atomic E-state index is 13.4. The second kappa shape index (κ2) is 9.25. The van der Waals surface area contributed by atoms with Gasteiger partial charge in [0.1, 0.15) is 11.6 Å². The third-order valence-corrected chi connectivity index (χ3v) is 5.34. The van der Waals surface area contributed by atoms with E-state index in [1.807, 2.05) is 10.9 Å². The molecule has 162 valence electrons. The third-order valence-electron chi connectivity index (χ3n) is 5.03. The highest BCUT2D eigenvalue weighted by Gasteiger charge is 2.36. The number of nitrogens with zero attached hydrogens (tertiary/aromatic N) is 5. The second-order valence-electron chi connectivity index (χ2n) is 7.22. The Balaban J connectivity index is 1.17. The van der Waals surface area contributed by atoms with Crippen LogP contribution in [0.15, 0.2) is 41.6 Å². The van der Waals surface area contributed by atoms with Crippen molar-refractivity contribution in [3.63, 3.8) is 0 Å². The van der Waals surface area contributed by atoms with Gasteiger partial charge in [-0.05, 0) is 31.4 Å². The minimum absolute atomic E-state index is 0.00756. The maximum absolute atomic E-state index is 13.4. The monoisotopic (exact) mass is 446 g/mol. The van der Waals surface area contributed by atoms with Crippen molar-refractivity contribution in [2.75, 3.05) is 13.2 Å². The summed E-state index contributed by atoms with van der Waals surface area (Å²) in [4.78, 5) is 11.9. The van der Waals surface area contributed by atoms with Gasteiger partial charge >= 0.3 is 0 Å². The molecule has 31 heavy (non-hydrogen) atoms. The summed E-state index contributed by atoms with van der Waals surface area (Å²) in [5, 5.41) is 18.7. The van der Waals surface area contributed by atoms with Gasteiger partial charge in [0, 0.05) is 30.3 Å². The van der Waals surface area contributed by atoms with Crippen molar-refractivity contribution < 1.29 is 18.3 Å². The highest BCUT2D eigenvalue weighted by Crippen LogP contribution is 2.43. The van der Waals surface area contributed by atoms with E-state index in [-0.39, 0.29) is 29.2 Å². The molecule has 2 aromatic heterocycles. The van der Waals surface area contributed by atoms with Gasteiger partial charge in [0.25, 0.3) is 5.91 Å². The van der Waals surface area contributed by atoms with Gasteiger partial charge in [0.15, 0.2) is 6.61 Å². The first-order valence-corrected chi connectivity index (χ1v) is 10.1. The van der Waals surface area contributed by atoms with Crippen molar-refractivity contribution in [2.45, 2.75) is 31.2 Å². The Morgan fingerprint density at radius 3 is 2.97 bits per heavy atom. The quantitative estimate of drug-likeness (QED) is 0.537. The van der Waals surface area contributed by atoms with Crippen LogP contribution in [-0.2, 0) is 4.79 Å². The summed E-state index contributed by atoms with van der Waals surface area (Å²) in [5.74, 6) is 0.412. The molecular weight excluding hydrogens is 427 g/mol. The first kappa shape index (κ1) is 21.0. The Morgan fingerprint density at radius 2 is 2.23 bits per heavy atom. The Labute approximate surface area is 182 Å². The van der Waals surface area contributed by atoms with E-state index in [1.165, 1.54) is 12.1 Å². The highest BCUT2D eigenvalue weighted by atomic mass is 35.5. The number of hydrogen-bond donors (Lipinski definition) is 1. The van der Waals surface area contributed by atoms with Crippen molar-refractivity contribution in [3.8, 4) is 5.75 Å². The van der Waals surface area contributed by atoms with Crippen LogP contribution in [0, 0.1) is 5.82 Å². The third kappa shape index (κ3) is 5.08. The number of aromatic nitrogens is 5. The molecule has 0 saturated heterocycles. The molecular formula is C20H20ClFN6O3. The van der Waals surface area contributed by atoms with Crippen LogP contribution < -0.4 is 10.1 Å². The number of amides is 1. The van der Waals surface area contributed by atoms with E-state index in [0.717, 1.165) is 18.9 Å². The number of carbonyl (C=O) groups excluding carboxylic acids is 1. The lowest BCUT2D eigenvalue weighted by Gasteiger charge is -2.32. The van der Waals surface area contributed by atoms with Crippen LogP contribution in [0.4, 0.5) is 4.39 Å². The van der Waals surface area contributed by atoms with E-state index in [2.05, 4.69) is 32.4 Å². The molecule has 1 amide bonds. The van der Waals surface area contributed by atoms with Crippen molar-refractivity contribution in [2.24, 2.45) is 0 Å². The largest absolute Gasteiger partial charge is 0.484 e. The summed E-state index contributed by atoms with van der Waals surface area (Å²) in [6.45, 7) is 4.03. The fourth-order valence-electron chi connectivity index (χ4n) is 3.19. The molecule has 1 saturated carbocycles. The average molecular weight is 447 g/mol. The molecule has 3 aromatic rings. The van der Waals surface area contributed by atoms with Gasteiger partial charge in [-0.2, -0.15) is 0 Å². The minimum atomic E-state index is -0.606. The van der Waals surface area contributed by atoms with Crippen LogP contribution in [0.5, 0.6) is 5.75 Å². The summed E-state index contributed by atoms with van der Waals surface area (Å²) in [6, 6.07) is 4.28. The first-order chi connectivity index (χ1) is 15.0. The van der Waals surface area contributed by atoms with E-state index in [4.69, 9.17) is 20.8 Å². The number of rotatable bonds is 9. The van der Waals surface area contributed by atoms with Gasteiger partial charge in [-0.15, -0.1) is 15.3 Å². The first-order valence-electron chi connectivity index (χ1n) is 9.71. The molecule has 1 fully saturated rings. The van der Waals surface area contributed by atoms with Crippen LogP contribution in [0.3, 0.4) is 0 Å². The summed E-state index contributed by atoms with van der Waals surface area (Å²) >= 11 is 5.61. The Hall–Kier alpha value is -3.27. The number of halogens is 2. The molecule has 1 aliphatic carbocycles. The lowest BCUT2D eigenvalue weighted by atomic mass is 9.80. The highest BCUT2D eigenvalue weighted by molar-refractivity contribution is 6.30. The molecule has 9 nitrogen and oxygen atoms in total. The van der Waals surface area contributed by atoms with Crippen LogP contribution >= 0.6 is 11.6 Å². The molecule has 2 heterocycles. The fraction of sp³-hybridized carbons (Fsp3) is 0.350. The topological polar surface area (TPSA) is 108 Å². The molecule has 1 aliphatic rings. The Morgan fingerprint density at radius 1 is 1.39 bits per heavy atom. The molecule has 0 aliphatic heterocycles. The SMILES string of the molecule is C=C(CCNC(=O)COc1ccc(Cl)c(F)c1)c1nnc([C@H]2C[C@@H](n3ccnn3)C2)o1. The molecule has 0 unspecified atom stereocenters. The van der Waals surface area contributed by atoms with E-state index < -0.39 is 5.82 Å². The standard InChI is InChI=1S/C20H20ClFN6O3/c1-12(4-5-23-18(29)11-30-15-2-3-16(21)17(22)10-15)19-25-26-20(31-19)13-8-14(9-13)28-7-6-24-27-28/h2-3,6-7,10,13-14H,1,4-5,8-9,11H2,(H,23,29)/t13-,14+. The molecule has 0 bridgehead atoms. The van der Waals surface area contributed by atoms with Crippen LogP contribution in [-0.4, -0.2) is 44.3 Å². The summed E-state index contributed by atoms with van der Waals surface area (Å²) in [7, 11) is 0. The van der Waals surface area contributed by atoms with Crippen molar-refractivity contribution in [1.82, 2.24) is 30.5 Å². The predicted molar refractivity (Wildman–Crippen MR) is 109 cm³/mol. The van der Waals surface area contributed by atoms with Crippen LogP contribution in [0.1, 0.15) is 43.0 Å². The molecule has 0 atom stereocenters. The zero-order valence-corrected chi connectivity index (χ0v) is 17.3. The molecule has 1 aromatic carbocycles. The van der Waals surface area contributed by atoms with Gasteiger partial charge < -0.3 is 14.5 Å². The average Bonchev–Trinajstić information content (AvgIpc) is 3.40. The normalized spacial score (nSPS) is 17.7. The second-order valence-corrected chi connectivity index (χ2v) is 7.63. The summed E-state index contributed by atoms with van der Waals surface area (Å²) < 4.78 is 26.2. The van der Waals surface area contributed by atoms with E-state index in [9.17, 15) is 9.18 Å². The Kier molecular flexibility index (Phi) is 6.26. The summed E-state index contributed by atoms with van der Waals surface area (Å²) in [6.07, 6.45) is 5.67. The van der Waals surface area contributed by atoms with Crippen molar-refractivity contribution in [1.29, 1.82) is 0 Å². The zero-order valence-electron chi connectivity index (χ0n) is 16.5. The molecule has 0 spiro atoms. The maximum Gasteiger partial charge on any atom is 0.257 e. The number of ether oxygens (including phenoxy) is 1. The lowest BCUT2D eigenvalue weighted by Crippen LogP contribution is -2.29. The van der Waals surface area contributed by atoms with Gasteiger partial charge in [-0.25, -0.2) is 9.07 Å². The number of nitrogens with one attached hydrogen (secondary N) is 1. The molecule has 0 radical (unpaired) electrons. The Bertz CT molecular complexity index is 1060. The minimum Gasteiger partial charge on any atom is -0.484 e. The summed E-state index contributed by atoms with van der Waals surface area (Å²) in [5.41, 5.74) is 0.631. The molecule has 11 heteroatoms. The van der Waals surface area contributed by atoms with Gasteiger partial charge in [0.2, 0.25) is 11.8 Å². The van der Waals surface area contributed by atoms with E-state index in [0.29, 0.717) is 36.4 Å². The van der Waals surface area contributed by atoms with Crippen LogP contribution in [0.2, 0.25) is 5.02 Å². The van der Waals surface area contributed by atoms with E-state index >= 15 is 0 Å².